The van der Waals surface area contributed by atoms with E-state index in [2.05, 4.69) is 0 Å². The van der Waals surface area contributed by atoms with Crippen LogP contribution in [0.5, 0.6) is 0 Å². The molecule has 0 N–H and O–H groups in total. The molecule has 0 amide bonds. The van der Waals surface area contributed by atoms with Gasteiger partial charge in [-0.05, 0) is 19.8 Å². The molecule has 0 bridgehead atoms. The Hall–Kier alpha value is -0.470. The Morgan fingerprint density at radius 1 is 1.50 bits per heavy atom. The summed E-state index contributed by atoms with van der Waals surface area (Å²) >= 11 is 0. The Morgan fingerprint density at radius 3 is 2.08 bits per heavy atom. The lowest BCUT2D eigenvalue weighted by Gasteiger charge is -2.48. The van der Waals surface area contributed by atoms with Crippen molar-refractivity contribution in [3.05, 3.63) is 0 Å². The number of alkyl halides is 2. The van der Waals surface area contributed by atoms with Gasteiger partial charge in [-0.1, -0.05) is 13.3 Å². The number of halogens is 2. The topological polar surface area (TPSA) is 17.1 Å². The minimum absolute atomic E-state index is 0.483. The molecule has 1 unspecified atom stereocenters. The van der Waals surface area contributed by atoms with Gasteiger partial charge in [0.15, 0.2) is 0 Å². The molecule has 1 rings (SSSR count). The third kappa shape index (κ3) is 1.15. The van der Waals surface area contributed by atoms with Crippen LogP contribution in [0, 0.1) is 11.3 Å². The Morgan fingerprint density at radius 2 is 2.00 bits per heavy atom. The van der Waals surface area contributed by atoms with Gasteiger partial charge in [-0.3, -0.25) is 0 Å². The van der Waals surface area contributed by atoms with Crippen LogP contribution in [0.2, 0.25) is 0 Å². The molecule has 0 spiro atoms. The summed E-state index contributed by atoms with van der Waals surface area (Å²) in [6.45, 7) is 2.51. The highest BCUT2D eigenvalue weighted by atomic mass is 19.3. The van der Waals surface area contributed by atoms with E-state index in [1.807, 2.05) is 0 Å². The maximum Gasteiger partial charge on any atom is 0.251 e. The molecule has 0 aromatic heterocycles. The van der Waals surface area contributed by atoms with Crippen molar-refractivity contribution in [1.82, 2.24) is 0 Å². The molecule has 1 nitrogen and oxygen atoms in total. The van der Waals surface area contributed by atoms with Crippen LogP contribution in [-0.4, -0.2) is 12.2 Å². The standard InChI is InChI=1S/C9H14F2O/c1-7(6-12)9(4-3-5-9)8(2,10)11/h6-7H,3-5H2,1-2H3. The lowest BCUT2D eigenvalue weighted by molar-refractivity contribution is -0.176. The first-order valence-electron chi connectivity index (χ1n) is 4.27. The van der Waals surface area contributed by atoms with E-state index >= 15 is 0 Å². The monoisotopic (exact) mass is 176 g/mol. The first-order chi connectivity index (χ1) is 5.44. The van der Waals surface area contributed by atoms with Crippen LogP contribution in [-0.2, 0) is 4.79 Å². The number of rotatable bonds is 3. The summed E-state index contributed by atoms with van der Waals surface area (Å²) in [7, 11) is 0. The van der Waals surface area contributed by atoms with E-state index in [4.69, 9.17) is 0 Å². The zero-order valence-corrected chi connectivity index (χ0v) is 7.44. The Balaban J connectivity index is 2.83. The fourth-order valence-corrected chi connectivity index (χ4v) is 1.98. The van der Waals surface area contributed by atoms with E-state index in [9.17, 15) is 13.6 Å². The molecule has 0 aromatic rings. The number of carbonyl (C=O) groups excluding carboxylic acids is 1. The van der Waals surface area contributed by atoms with Crippen LogP contribution in [0.1, 0.15) is 33.1 Å². The van der Waals surface area contributed by atoms with Crippen molar-refractivity contribution in [1.29, 1.82) is 0 Å². The summed E-state index contributed by atoms with van der Waals surface area (Å²) in [6.07, 6.45) is 2.44. The van der Waals surface area contributed by atoms with E-state index < -0.39 is 17.3 Å². The SMILES string of the molecule is CC(C=O)C1(C(C)(F)F)CCC1. The second kappa shape index (κ2) is 2.79. The van der Waals surface area contributed by atoms with Gasteiger partial charge in [-0.2, -0.15) is 0 Å². The second-order valence-corrected chi connectivity index (χ2v) is 3.82. The van der Waals surface area contributed by atoms with Crippen LogP contribution in [0.4, 0.5) is 8.78 Å². The normalized spacial score (nSPS) is 24.3. The van der Waals surface area contributed by atoms with E-state index in [-0.39, 0.29) is 0 Å². The van der Waals surface area contributed by atoms with Crippen molar-refractivity contribution in [2.75, 3.05) is 0 Å². The summed E-state index contributed by atoms with van der Waals surface area (Å²) in [6, 6.07) is 0. The summed E-state index contributed by atoms with van der Waals surface area (Å²) in [5.41, 5.74) is -1.03. The van der Waals surface area contributed by atoms with Gasteiger partial charge in [0.25, 0.3) is 5.92 Å². The molecule has 1 aliphatic rings. The molecule has 1 fully saturated rings. The third-order valence-corrected chi connectivity index (χ3v) is 3.20. The molecule has 0 heterocycles. The van der Waals surface area contributed by atoms with Gasteiger partial charge in [-0.25, -0.2) is 8.78 Å². The van der Waals surface area contributed by atoms with Crippen molar-refractivity contribution in [3.63, 3.8) is 0 Å². The maximum atomic E-state index is 13.1. The summed E-state index contributed by atoms with van der Waals surface area (Å²) < 4.78 is 26.2. The van der Waals surface area contributed by atoms with Gasteiger partial charge >= 0.3 is 0 Å². The maximum absolute atomic E-state index is 13.1. The lowest BCUT2D eigenvalue weighted by atomic mass is 9.58. The van der Waals surface area contributed by atoms with Crippen molar-refractivity contribution in [3.8, 4) is 0 Å². The van der Waals surface area contributed by atoms with Gasteiger partial charge < -0.3 is 4.79 Å². The number of hydrogen-bond acceptors (Lipinski definition) is 1. The highest BCUT2D eigenvalue weighted by molar-refractivity contribution is 5.55. The molecule has 12 heavy (non-hydrogen) atoms. The predicted octanol–water partition coefficient (Wildman–Crippen LogP) is 2.65. The molecule has 1 aliphatic carbocycles. The van der Waals surface area contributed by atoms with E-state index in [0.717, 1.165) is 13.3 Å². The van der Waals surface area contributed by atoms with Gasteiger partial charge in [0, 0.05) is 11.3 Å². The first kappa shape index (κ1) is 9.62. The number of carbonyl (C=O) groups is 1. The first-order valence-corrected chi connectivity index (χ1v) is 4.27. The van der Waals surface area contributed by atoms with Gasteiger partial charge in [-0.15, -0.1) is 0 Å². The van der Waals surface area contributed by atoms with Gasteiger partial charge in [0.2, 0.25) is 0 Å². The smallest absolute Gasteiger partial charge is 0.251 e. The molecular weight excluding hydrogens is 162 g/mol. The average molecular weight is 176 g/mol. The molecule has 1 saturated carbocycles. The molecule has 1 atom stereocenters. The van der Waals surface area contributed by atoms with E-state index in [1.165, 1.54) is 0 Å². The van der Waals surface area contributed by atoms with E-state index in [0.29, 0.717) is 19.1 Å². The van der Waals surface area contributed by atoms with Crippen LogP contribution >= 0.6 is 0 Å². The zero-order chi connectivity index (χ0) is 9.41. The number of aldehydes is 1. The van der Waals surface area contributed by atoms with Crippen molar-refractivity contribution >= 4 is 6.29 Å². The summed E-state index contributed by atoms with van der Waals surface area (Å²) in [4.78, 5) is 10.5. The minimum Gasteiger partial charge on any atom is -0.303 e. The fourth-order valence-electron chi connectivity index (χ4n) is 1.98. The quantitative estimate of drug-likeness (QED) is 0.604. The van der Waals surface area contributed by atoms with E-state index in [1.54, 1.807) is 6.92 Å². The lowest BCUT2D eigenvalue weighted by Crippen LogP contribution is -2.49. The Bertz CT molecular complexity index is 179. The Labute approximate surface area is 71.1 Å². The highest BCUT2D eigenvalue weighted by Crippen LogP contribution is 2.56. The van der Waals surface area contributed by atoms with Crippen molar-refractivity contribution in [2.45, 2.75) is 39.0 Å². The average Bonchev–Trinajstić information content (AvgIpc) is 1.81. The molecule has 3 heteroatoms. The second-order valence-electron chi connectivity index (χ2n) is 3.82. The van der Waals surface area contributed by atoms with Gasteiger partial charge in [0.1, 0.15) is 6.29 Å². The van der Waals surface area contributed by atoms with Crippen LogP contribution in [0.15, 0.2) is 0 Å². The largest absolute Gasteiger partial charge is 0.303 e. The predicted molar refractivity (Wildman–Crippen MR) is 42.1 cm³/mol. The molecular formula is C9H14F2O. The molecule has 0 saturated heterocycles. The fraction of sp³-hybridized carbons (Fsp3) is 0.889. The van der Waals surface area contributed by atoms with Crippen molar-refractivity contribution < 1.29 is 13.6 Å². The number of hydrogen-bond donors (Lipinski definition) is 0. The minimum atomic E-state index is -2.72. The van der Waals surface area contributed by atoms with Crippen molar-refractivity contribution in [2.24, 2.45) is 11.3 Å². The molecule has 0 aromatic carbocycles. The molecule has 70 valence electrons. The van der Waals surface area contributed by atoms with Crippen LogP contribution in [0.25, 0.3) is 0 Å². The zero-order valence-electron chi connectivity index (χ0n) is 7.44. The van der Waals surface area contributed by atoms with Crippen LogP contribution < -0.4 is 0 Å². The van der Waals surface area contributed by atoms with Gasteiger partial charge in [0.05, 0.1) is 0 Å². The highest BCUT2D eigenvalue weighted by Gasteiger charge is 2.56. The summed E-state index contributed by atoms with van der Waals surface area (Å²) in [5.74, 6) is -3.24. The summed E-state index contributed by atoms with van der Waals surface area (Å²) in [5, 5.41) is 0. The van der Waals surface area contributed by atoms with Crippen LogP contribution in [0.3, 0.4) is 0 Å². The molecule has 0 radical (unpaired) electrons. The molecule has 0 aliphatic heterocycles. The Kier molecular flexibility index (Phi) is 2.23. The third-order valence-electron chi connectivity index (χ3n) is 3.20.